The molecule has 0 bridgehead atoms. The summed E-state index contributed by atoms with van der Waals surface area (Å²) >= 11 is 0. The zero-order valence-corrected chi connectivity index (χ0v) is 12.4. The normalized spacial score (nSPS) is 14.3. The van der Waals surface area contributed by atoms with Gasteiger partial charge in [-0.3, -0.25) is 4.79 Å². The van der Waals surface area contributed by atoms with Gasteiger partial charge in [0.1, 0.15) is 11.6 Å². The Balaban J connectivity index is 1.62. The molecule has 1 unspecified atom stereocenters. The highest BCUT2D eigenvalue weighted by atomic mass is 19.1. The van der Waals surface area contributed by atoms with Gasteiger partial charge >= 0.3 is 0 Å². The minimum absolute atomic E-state index is 0.220. The smallest absolute Gasteiger partial charge is 0.265 e. The third kappa shape index (κ3) is 3.27. The van der Waals surface area contributed by atoms with Crippen molar-refractivity contribution in [1.29, 1.82) is 0 Å². The van der Waals surface area contributed by atoms with Crippen LogP contribution in [0.15, 0.2) is 42.5 Å². The Labute approximate surface area is 129 Å². The molecule has 0 spiro atoms. The average molecular weight is 299 g/mol. The molecule has 0 radical (unpaired) electrons. The van der Waals surface area contributed by atoms with Crippen LogP contribution in [0.2, 0.25) is 0 Å². The van der Waals surface area contributed by atoms with Crippen LogP contribution in [-0.4, -0.2) is 12.0 Å². The molecule has 3 nitrogen and oxygen atoms in total. The van der Waals surface area contributed by atoms with Crippen LogP contribution in [-0.2, 0) is 17.6 Å². The molecule has 0 saturated heterocycles. The summed E-state index contributed by atoms with van der Waals surface area (Å²) in [5, 5.41) is 2.87. The molecule has 0 fully saturated rings. The molecule has 1 amide bonds. The largest absolute Gasteiger partial charge is 0.481 e. The van der Waals surface area contributed by atoms with E-state index in [-0.39, 0.29) is 11.7 Å². The minimum atomic E-state index is -0.654. The van der Waals surface area contributed by atoms with Gasteiger partial charge in [0.05, 0.1) is 0 Å². The first-order valence-electron chi connectivity index (χ1n) is 7.47. The SMILES string of the molecule is CC(Oc1ccc(F)cc1)C(=O)Nc1ccc2c(c1)CCC2. The number of ether oxygens (including phenoxy) is 1. The lowest BCUT2D eigenvalue weighted by Gasteiger charge is -2.15. The maximum atomic E-state index is 12.8. The number of carbonyl (C=O) groups is 1. The predicted octanol–water partition coefficient (Wildman–Crippen LogP) is 3.72. The van der Waals surface area contributed by atoms with Crippen molar-refractivity contribution in [2.45, 2.75) is 32.3 Å². The van der Waals surface area contributed by atoms with Crippen LogP contribution in [0.4, 0.5) is 10.1 Å². The van der Waals surface area contributed by atoms with Gasteiger partial charge in [0, 0.05) is 5.69 Å². The van der Waals surface area contributed by atoms with Crippen LogP contribution in [0, 0.1) is 5.82 Å². The van der Waals surface area contributed by atoms with Crippen molar-refractivity contribution in [3.63, 3.8) is 0 Å². The molecular weight excluding hydrogens is 281 g/mol. The Morgan fingerprint density at radius 1 is 1.14 bits per heavy atom. The van der Waals surface area contributed by atoms with Gasteiger partial charge < -0.3 is 10.1 Å². The van der Waals surface area contributed by atoms with Gasteiger partial charge in [-0.15, -0.1) is 0 Å². The Kier molecular flexibility index (Phi) is 4.09. The predicted molar refractivity (Wildman–Crippen MR) is 83.6 cm³/mol. The fraction of sp³-hybridized carbons (Fsp3) is 0.278. The monoisotopic (exact) mass is 299 g/mol. The van der Waals surface area contributed by atoms with Crippen LogP contribution in [0.3, 0.4) is 0 Å². The fourth-order valence-corrected chi connectivity index (χ4v) is 2.66. The summed E-state index contributed by atoms with van der Waals surface area (Å²) in [7, 11) is 0. The molecule has 22 heavy (non-hydrogen) atoms. The number of fused-ring (bicyclic) bond motifs is 1. The van der Waals surface area contributed by atoms with Gasteiger partial charge in [0.15, 0.2) is 6.10 Å². The first kappa shape index (κ1) is 14.6. The van der Waals surface area contributed by atoms with E-state index in [0.29, 0.717) is 5.75 Å². The van der Waals surface area contributed by atoms with E-state index in [1.165, 1.54) is 41.8 Å². The number of amides is 1. The highest BCUT2D eigenvalue weighted by Gasteiger charge is 2.16. The number of aryl methyl sites for hydroxylation is 2. The van der Waals surface area contributed by atoms with E-state index >= 15 is 0 Å². The molecule has 1 atom stereocenters. The molecule has 0 saturated carbocycles. The van der Waals surface area contributed by atoms with E-state index in [1.54, 1.807) is 6.92 Å². The lowest BCUT2D eigenvalue weighted by molar-refractivity contribution is -0.122. The average Bonchev–Trinajstić information content (AvgIpc) is 2.97. The maximum Gasteiger partial charge on any atom is 0.265 e. The summed E-state index contributed by atoms with van der Waals surface area (Å²) in [4.78, 5) is 12.2. The van der Waals surface area contributed by atoms with Crippen molar-refractivity contribution in [3.05, 3.63) is 59.4 Å². The second kappa shape index (κ2) is 6.18. The molecule has 2 aromatic carbocycles. The molecule has 1 N–H and O–H groups in total. The van der Waals surface area contributed by atoms with Gasteiger partial charge in [-0.05, 0) is 73.7 Å². The van der Waals surface area contributed by atoms with E-state index < -0.39 is 6.10 Å². The number of nitrogens with one attached hydrogen (secondary N) is 1. The van der Waals surface area contributed by atoms with Crippen molar-refractivity contribution in [3.8, 4) is 5.75 Å². The van der Waals surface area contributed by atoms with Crippen LogP contribution < -0.4 is 10.1 Å². The molecule has 2 aromatic rings. The summed E-state index contributed by atoms with van der Waals surface area (Å²) in [6, 6.07) is 11.7. The first-order chi connectivity index (χ1) is 10.6. The Morgan fingerprint density at radius 3 is 2.64 bits per heavy atom. The second-order valence-electron chi connectivity index (χ2n) is 5.54. The van der Waals surface area contributed by atoms with Crippen LogP contribution in [0.5, 0.6) is 5.75 Å². The van der Waals surface area contributed by atoms with Crippen molar-refractivity contribution in [2.75, 3.05) is 5.32 Å². The van der Waals surface area contributed by atoms with E-state index in [1.807, 2.05) is 12.1 Å². The zero-order valence-electron chi connectivity index (χ0n) is 12.4. The summed E-state index contributed by atoms with van der Waals surface area (Å²) in [6.45, 7) is 1.67. The number of carbonyl (C=O) groups excluding carboxylic acids is 1. The van der Waals surface area contributed by atoms with Gasteiger partial charge in [-0.1, -0.05) is 6.07 Å². The molecule has 1 aliphatic carbocycles. The molecule has 3 rings (SSSR count). The Morgan fingerprint density at radius 2 is 1.86 bits per heavy atom. The van der Waals surface area contributed by atoms with Crippen molar-refractivity contribution < 1.29 is 13.9 Å². The number of hydrogen-bond donors (Lipinski definition) is 1. The molecule has 0 aromatic heterocycles. The van der Waals surface area contributed by atoms with Crippen molar-refractivity contribution in [1.82, 2.24) is 0 Å². The summed E-state index contributed by atoms with van der Waals surface area (Å²) < 4.78 is 18.4. The molecule has 0 aliphatic heterocycles. The third-order valence-electron chi connectivity index (χ3n) is 3.86. The lowest BCUT2D eigenvalue weighted by Crippen LogP contribution is -2.30. The molecular formula is C18H18FNO2. The minimum Gasteiger partial charge on any atom is -0.481 e. The number of anilines is 1. The Bertz CT molecular complexity index is 682. The number of rotatable bonds is 4. The summed E-state index contributed by atoms with van der Waals surface area (Å²) in [6.07, 6.45) is 2.71. The second-order valence-corrected chi connectivity index (χ2v) is 5.54. The van der Waals surface area contributed by atoms with Gasteiger partial charge in [-0.2, -0.15) is 0 Å². The van der Waals surface area contributed by atoms with Crippen LogP contribution >= 0.6 is 0 Å². The van der Waals surface area contributed by atoms with Gasteiger partial charge in [0.2, 0.25) is 0 Å². The van der Waals surface area contributed by atoms with E-state index in [9.17, 15) is 9.18 Å². The van der Waals surface area contributed by atoms with E-state index in [4.69, 9.17) is 4.74 Å². The molecule has 0 heterocycles. The summed E-state index contributed by atoms with van der Waals surface area (Å²) in [5.41, 5.74) is 3.47. The third-order valence-corrected chi connectivity index (χ3v) is 3.86. The van der Waals surface area contributed by atoms with Crippen LogP contribution in [0.25, 0.3) is 0 Å². The lowest BCUT2D eigenvalue weighted by atomic mass is 10.1. The van der Waals surface area contributed by atoms with Crippen molar-refractivity contribution in [2.24, 2.45) is 0 Å². The number of benzene rings is 2. The Hall–Kier alpha value is -2.36. The zero-order chi connectivity index (χ0) is 15.5. The quantitative estimate of drug-likeness (QED) is 0.934. The maximum absolute atomic E-state index is 12.8. The van der Waals surface area contributed by atoms with E-state index in [2.05, 4.69) is 11.4 Å². The first-order valence-corrected chi connectivity index (χ1v) is 7.47. The molecule has 114 valence electrons. The number of hydrogen-bond acceptors (Lipinski definition) is 2. The van der Waals surface area contributed by atoms with Gasteiger partial charge in [-0.25, -0.2) is 4.39 Å². The van der Waals surface area contributed by atoms with E-state index in [0.717, 1.165) is 18.5 Å². The molecule has 1 aliphatic rings. The number of halogens is 1. The van der Waals surface area contributed by atoms with Crippen LogP contribution in [0.1, 0.15) is 24.5 Å². The highest BCUT2D eigenvalue weighted by Crippen LogP contribution is 2.25. The topological polar surface area (TPSA) is 38.3 Å². The molecule has 4 heteroatoms. The standard InChI is InChI=1S/C18H18FNO2/c1-12(22-17-9-6-15(19)7-10-17)18(21)20-16-8-5-13-3-2-4-14(13)11-16/h5-12H,2-4H2,1H3,(H,20,21). The van der Waals surface area contributed by atoms with Crippen molar-refractivity contribution >= 4 is 11.6 Å². The van der Waals surface area contributed by atoms with Gasteiger partial charge in [0.25, 0.3) is 5.91 Å². The highest BCUT2D eigenvalue weighted by molar-refractivity contribution is 5.94. The summed E-state index contributed by atoms with van der Waals surface area (Å²) in [5.74, 6) is -0.0807. The fourth-order valence-electron chi connectivity index (χ4n) is 2.66.